The van der Waals surface area contributed by atoms with E-state index < -0.39 is 10.0 Å². The number of sulfonamides is 1. The zero-order chi connectivity index (χ0) is 19.3. The van der Waals surface area contributed by atoms with Crippen molar-refractivity contribution in [2.75, 3.05) is 11.1 Å². The molecule has 0 aromatic heterocycles. The van der Waals surface area contributed by atoms with Crippen molar-refractivity contribution in [2.24, 2.45) is 5.14 Å². The number of carbonyl (C=O) groups excluding carboxylic acids is 1. The summed E-state index contributed by atoms with van der Waals surface area (Å²) in [6.45, 7) is 0. The van der Waals surface area contributed by atoms with Crippen molar-refractivity contribution in [1.82, 2.24) is 0 Å². The Morgan fingerprint density at radius 1 is 0.852 bits per heavy atom. The molecular weight excluding hydrogens is 380 g/mol. The topological polar surface area (TPSA) is 89.3 Å². The van der Waals surface area contributed by atoms with Gasteiger partial charge in [0.25, 0.3) is 0 Å². The van der Waals surface area contributed by atoms with Crippen LogP contribution in [0.2, 0.25) is 0 Å². The van der Waals surface area contributed by atoms with Gasteiger partial charge < -0.3 is 5.32 Å². The van der Waals surface area contributed by atoms with Crippen molar-refractivity contribution >= 4 is 33.4 Å². The summed E-state index contributed by atoms with van der Waals surface area (Å²) in [4.78, 5) is 13.1. The first-order valence-electron chi connectivity index (χ1n) is 8.13. The van der Waals surface area contributed by atoms with Gasteiger partial charge in [0.15, 0.2) is 0 Å². The number of benzene rings is 3. The molecule has 3 N–H and O–H groups in total. The van der Waals surface area contributed by atoms with E-state index >= 15 is 0 Å². The number of thioether (sulfide) groups is 1. The highest BCUT2D eigenvalue weighted by molar-refractivity contribution is 8.00. The van der Waals surface area contributed by atoms with Gasteiger partial charge in [0.2, 0.25) is 15.9 Å². The Hall–Kier alpha value is -2.61. The van der Waals surface area contributed by atoms with E-state index in [1.54, 1.807) is 0 Å². The van der Waals surface area contributed by atoms with Gasteiger partial charge in [-0.25, -0.2) is 13.6 Å². The molecule has 0 unspecified atom stereocenters. The van der Waals surface area contributed by atoms with Crippen molar-refractivity contribution in [3.05, 3.63) is 78.9 Å². The Labute approximate surface area is 162 Å². The number of primary sulfonamides is 1. The standard InChI is InChI=1S/C20H18N2O3S2/c21-27(24,25)19-12-8-17(9-13-19)22-20(23)14-26-18-10-6-16(7-11-18)15-4-2-1-3-5-15/h1-13H,14H2,(H,22,23)(H2,21,24,25). The minimum absolute atomic E-state index is 0.00776. The molecule has 5 nitrogen and oxygen atoms in total. The summed E-state index contributed by atoms with van der Waals surface area (Å²) < 4.78 is 22.5. The van der Waals surface area contributed by atoms with Crippen LogP contribution >= 0.6 is 11.8 Å². The number of rotatable bonds is 6. The van der Waals surface area contributed by atoms with Crippen LogP contribution in [0.15, 0.2) is 88.7 Å². The lowest BCUT2D eigenvalue weighted by molar-refractivity contribution is -0.113. The van der Waals surface area contributed by atoms with Crippen molar-refractivity contribution in [1.29, 1.82) is 0 Å². The molecule has 0 bridgehead atoms. The van der Waals surface area contributed by atoms with E-state index in [1.807, 2.05) is 42.5 Å². The highest BCUT2D eigenvalue weighted by atomic mass is 32.2. The van der Waals surface area contributed by atoms with Crippen LogP contribution in [0.5, 0.6) is 0 Å². The molecule has 0 saturated heterocycles. The first-order valence-corrected chi connectivity index (χ1v) is 10.7. The van der Waals surface area contributed by atoms with E-state index in [0.29, 0.717) is 5.69 Å². The van der Waals surface area contributed by atoms with Gasteiger partial charge in [-0.15, -0.1) is 11.8 Å². The monoisotopic (exact) mass is 398 g/mol. The van der Waals surface area contributed by atoms with Crippen molar-refractivity contribution in [3.8, 4) is 11.1 Å². The van der Waals surface area contributed by atoms with Crippen LogP contribution in [0.1, 0.15) is 0 Å². The molecule has 3 aromatic rings. The van der Waals surface area contributed by atoms with E-state index in [9.17, 15) is 13.2 Å². The number of hydrogen-bond donors (Lipinski definition) is 2. The SMILES string of the molecule is NS(=O)(=O)c1ccc(NC(=O)CSc2ccc(-c3ccccc3)cc2)cc1. The Balaban J connectivity index is 1.54. The molecule has 0 heterocycles. The lowest BCUT2D eigenvalue weighted by Gasteiger charge is -2.07. The molecule has 0 spiro atoms. The quantitative estimate of drug-likeness (QED) is 0.619. The summed E-state index contributed by atoms with van der Waals surface area (Å²) in [7, 11) is -3.73. The third-order valence-corrected chi connectivity index (χ3v) is 5.74. The maximum Gasteiger partial charge on any atom is 0.238 e. The molecule has 0 radical (unpaired) electrons. The summed E-state index contributed by atoms with van der Waals surface area (Å²) in [5.74, 6) is 0.0808. The van der Waals surface area contributed by atoms with Gasteiger partial charge in [-0.2, -0.15) is 0 Å². The van der Waals surface area contributed by atoms with Crippen LogP contribution in [-0.4, -0.2) is 20.1 Å². The third-order valence-electron chi connectivity index (χ3n) is 3.80. The molecule has 0 aliphatic heterocycles. The smallest absolute Gasteiger partial charge is 0.238 e. The summed E-state index contributed by atoms with van der Waals surface area (Å²) in [5, 5.41) is 7.78. The molecule has 3 aromatic carbocycles. The number of amides is 1. The fraction of sp³-hybridized carbons (Fsp3) is 0.0500. The maximum atomic E-state index is 12.1. The molecule has 1 amide bonds. The first-order chi connectivity index (χ1) is 12.9. The molecule has 7 heteroatoms. The number of nitrogens with one attached hydrogen (secondary N) is 1. The second kappa shape index (κ2) is 8.39. The highest BCUT2D eigenvalue weighted by Gasteiger charge is 2.08. The van der Waals surface area contributed by atoms with Gasteiger partial charge in [-0.1, -0.05) is 42.5 Å². The van der Waals surface area contributed by atoms with Gasteiger partial charge in [0.05, 0.1) is 10.6 Å². The zero-order valence-electron chi connectivity index (χ0n) is 14.3. The number of hydrogen-bond acceptors (Lipinski definition) is 4. The molecule has 0 saturated carbocycles. The molecule has 27 heavy (non-hydrogen) atoms. The molecule has 3 rings (SSSR count). The fourth-order valence-electron chi connectivity index (χ4n) is 2.45. The van der Waals surface area contributed by atoms with Gasteiger partial charge in [0, 0.05) is 10.6 Å². The predicted octanol–water partition coefficient (Wildman–Crippen LogP) is 3.73. The molecule has 138 valence electrons. The maximum absolute atomic E-state index is 12.1. The van der Waals surface area contributed by atoms with Gasteiger partial charge >= 0.3 is 0 Å². The minimum Gasteiger partial charge on any atom is -0.325 e. The normalized spacial score (nSPS) is 11.1. The third kappa shape index (κ3) is 5.43. The van der Waals surface area contributed by atoms with E-state index in [-0.39, 0.29) is 16.6 Å². The lowest BCUT2D eigenvalue weighted by atomic mass is 10.1. The molecular formula is C20H18N2O3S2. The van der Waals surface area contributed by atoms with Crippen LogP contribution in [0.4, 0.5) is 5.69 Å². The average Bonchev–Trinajstić information content (AvgIpc) is 2.67. The van der Waals surface area contributed by atoms with E-state index in [2.05, 4.69) is 17.4 Å². The highest BCUT2D eigenvalue weighted by Crippen LogP contribution is 2.24. The van der Waals surface area contributed by atoms with Gasteiger partial charge in [-0.05, 0) is 47.5 Å². The molecule has 0 aliphatic carbocycles. The molecule has 0 aliphatic rings. The largest absolute Gasteiger partial charge is 0.325 e. The van der Waals surface area contributed by atoms with Crippen molar-refractivity contribution in [2.45, 2.75) is 9.79 Å². The van der Waals surface area contributed by atoms with E-state index in [4.69, 9.17) is 5.14 Å². The van der Waals surface area contributed by atoms with Crippen molar-refractivity contribution in [3.63, 3.8) is 0 Å². The van der Waals surface area contributed by atoms with Crippen LogP contribution in [0, 0.1) is 0 Å². The van der Waals surface area contributed by atoms with Crippen LogP contribution < -0.4 is 10.5 Å². The summed E-state index contributed by atoms with van der Waals surface area (Å²) in [5.41, 5.74) is 2.79. The summed E-state index contributed by atoms with van der Waals surface area (Å²) >= 11 is 1.43. The van der Waals surface area contributed by atoms with Crippen molar-refractivity contribution < 1.29 is 13.2 Å². The van der Waals surface area contributed by atoms with E-state index in [1.165, 1.54) is 36.0 Å². The Kier molecular flexibility index (Phi) is 5.95. The predicted molar refractivity (Wildman–Crippen MR) is 109 cm³/mol. The number of nitrogens with two attached hydrogens (primary N) is 1. The second-order valence-electron chi connectivity index (χ2n) is 5.80. The summed E-state index contributed by atoms with van der Waals surface area (Å²) in [6.07, 6.45) is 0. The van der Waals surface area contributed by atoms with Crippen LogP contribution in [0.3, 0.4) is 0 Å². The second-order valence-corrected chi connectivity index (χ2v) is 8.41. The number of anilines is 1. The van der Waals surface area contributed by atoms with E-state index in [0.717, 1.165) is 16.0 Å². The lowest BCUT2D eigenvalue weighted by Crippen LogP contribution is -2.15. The number of carbonyl (C=O) groups is 1. The summed E-state index contributed by atoms with van der Waals surface area (Å²) in [6, 6.07) is 23.9. The zero-order valence-corrected chi connectivity index (χ0v) is 16.0. The van der Waals surface area contributed by atoms with Crippen LogP contribution in [0.25, 0.3) is 11.1 Å². The Bertz CT molecular complexity index is 1020. The molecule has 0 atom stereocenters. The minimum atomic E-state index is -3.73. The average molecular weight is 399 g/mol. The van der Waals surface area contributed by atoms with Gasteiger partial charge in [-0.3, -0.25) is 4.79 Å². The Morgan fingerprint density at radius 2 is 1.44 bits per heavy atom. The fourth-order valence-corrected chi connectivity index (χ4v) is 3.66. The first kappa shape index (κ1) is 19.2. The molecule has 0 fully saturated rings. The Morgan fingerprint density at radius 3 is 2.04 bits per heavy atom. The van der Waals surface area contributed by atoms with Gasteiger partial charge in [0.1, 0.15) is 0 Å². The van der Waals surface area contributed by atoms with Crippen LogP contribution in [-0.2, 0) is 14.8 Å².